The third kappa shape index (κ3) is 5.41. The van der Waals surface area contributed by atoms with Crippen LogP contribution in [0.25, 0.3) is 71.3 Å². The molecule has 1 heterocycles. The van der Waals surface area contributed by atoms with Crippen LogP contribution in [-0.4, -0.2) is 6.10 Å². The number of rotatable bonds is 6. The van der Waals surface area contributed by atoms with E-state index in [0.717, 1.165) is 40.4 Å². The second kappa shape index (κ2) is 13.3. The van der Waals surface area contributed by atoms with Gasteiger partial charge in [0.05, 0.1) is 0 Å². The van der Waals surface area contributed by atoms with E-state index in [0.29, 0.717) is 0 Å². The van der Waals surface area contributed by atoms with Gasteiger partial charge in [0.1, 0.15) is 11.9 Å². The van der Waals surface area contributed by atoms with Gasteiger partial charge in [0.2, 0.25) is 0 Å². The van der Waals surface area contributed by atoms with Crippen LogP contribution in [0.1, 0.15) is 12.0 Å². The Balaban J connectivity index is 1.03. The van der Waals surface area contributed by atoms with Gasteiger partial charge in [0.15, 0.2) is 0 Å². The van der Waals surface area contributed by atoms with Crippen molar-refractivity contribution in [3.05, 3.63) is 212 Å². The molecule has 2 aliphatic rings. The first-order valence-corrected chi connectivity index (χ1v) is 19.4. The molecule has 9 aromatic carbocycles. The number of benzene rings is 9. The molecule has 1 aliphatic heterocycles. The average Bonchev–Trinajstić information content (AvgIpc) is 3.66. The Morgan fingerprint density at radius 1 is 0.429 bits per heavy atom. The van der Waals surface area contributed by atoms with Crippen LogP contribution in [-0.2, 0) is 0 Å². The summed E-state index contributed by atoms with van der Waals surface area (Å²) in [5.41, 5.74) is 12.8. The SMILES string of the molecule is C1=CCC2Oc3c(cccc3-c3cccc(N(c4ccc(-c5ccccc5)cc4)c4ccc(-c5cc6ccc7ccccc7c6c6ccccc56)cc4)c3)C2=C1. The topological polar surface area (TPSA) is 12.5 Å². The van der Waals surface area contributed by atoms with Crippen LogP contribution in [0.2, 0.25) is 0 Å². The van der Waals surface area contributed by atoms with E-state index in [1.165, 1.54) is 65.7 Å². The summed E-state index contributed by atoms with van der Waals surface area (Å²) in [7, 11) is 0. The second-order valence-corrected chi connectivity index (χ2v) is 14.8. The lowest BCUT2D eigenvalue weighted by Crippen LogP contribution is -2.12. The first-order valence-electron chi connectivity index (χ1n) is 19.4. The number of hydrogen-bond donors (Lipinski definition) is 0. The Hall–Kier alpha value is -7.16. The predicted octanol–water partition coefficient (Wildman–Crippen LogP) is 14.7. The molecule has 264 valence electrons. The number of hydrogen-bond acceptors (Lipinski definition) is 2. The molecule has 1 atom stereocenters. The molecule has 0 aromatic heterocycles. The van der Waals surface area contributed by atoms with Crippen molar-refractivity contribution in [1.29, 1.82) is 0 Å². The summed E-state index contributed by atoms with van der Waals surface area (Å²) in [6.45, 7) is 0. The van der Waals surface area contributed by atoms with Gasteiger partial charge < -0.3 is 9.64 Å². The van der Waals surface area contributed by atoms with Gasteiger partial charge in [-0.1, -0.05) is 164 Å². The van der Waals surface area contributed by atoms with Crippen LogP contribution in [0.15, 0.2) is 206 Å². The van der Waals surface area contributed by atoms with Gasteiger partial charge in [-0.3, -0.25) is 0 Å². The fourth-order valence-electron chi connectivity index (χ4n) is 8.84. The van der Waals surface area contributed by atoms with Crippen molar-refractivity contribution in [2.24, 2.45) is 0 Å². The number of ether oxygens (including phenoxy) is 1. The zero-order valence-electron chi connectivity index (χ0n) is 30.8. The third-order valence-electron chi connectivity index (χ3n) is 11.5. The van der Waals surface area contributed by atoms with Crippen molar-refractivity contribution in [3.8, 4) is 39.1 Å². The maximum atomic E-state index is 6.62. The van der Waals surface area contributed by atoms with E-state index in [4.69, 9.17) is 4.74 Å². The molecule has 56 heavy (non-hydrogen) atoms. The fourth-order valence-corrected chi connectivity index (χ4v) is 8.84. The smallest absolute Gasteiger partial charge is 0.135 e. The van der Waals surface area contributed by atoms with Gasteiger partial charge in [-0.05, 0) is 103 Å². The minimum atomic E-state index is 0.0801. The molecule has 2 heteroatoms. The molecular formula is C54H37NO. The van der Waals surface area contributed by atoms with Gasteiger partial charge in [0.25, 0.3) is 0 Å². The summed E-state index contributed by atoms with van der Waals surface area (Å²) in [5.74, 6) is 0.975. The molecule has 9 aromatic rings. The highest BCUT2D eigenvalue weighted by Gasteiger charge is 2.31. The third-order valence-corrected chi connectivity index (χ3v) is 11.5. The summed E-state index contributed by atoms with van der Waals surface area (Å²) < 4.78 is 6.62. The predicted molar refractivity (Wildman–Crippen MR) is 236 cm³/mol. The number of fused-ring (bicyclic) bond motifs is 8. The summed E-state index contributed by atoms with van der Waals surface area (Å²) >= 11 is 0. The maximum absolute atomic E-state index is 6.62. The molecule has 1 aliphatic carbocycles. The van der Waals surface area contributed by atoms with Crippen molar-refractivity contribution in [1.82, 2.24) is 0 Å². The van der Waals surface area contributed by atoms with Crippen LogP contribution in [0.5, 0.6) is 5.75 Å². The molecule has 0 radical (unpaired) electrons. The number of para-hydroxylation sites is 1. The van der Waals surface area contributed by atoms with E-state index in [9.17, 15) is 0 Å². The van der Waals surface area contributed by atoms with Crippen LogP contribution in [0, 0.1) is 0 Å². The lowest BCUT2D eigenvalue weighted by atomic mass is 9.90. The lowest BCUT2D eigenvalue weighted by molar-refractivity contribution is 0.280. The molecular weight excluding hydrogens is 679 g/mol. The quantitative estimate of drug-likeness (QED) is 0.159. The molecule has 0 bridgehead atoms. The standard InChI is InChI=1S/C54H37NO/c1-2-12-36(13-3-1)37-26-30-42(31-27-37)55(44-16-10-15-40(34-44)46-21-11-22-50-48-19-8-9-23-52(48)56-54(46)50)43-32-28-39(29-33-43)51-35-41-25-24-38-14-4-5-17-45(38)53(41)49-20-7-6-18-47(49)51/h1-22,24-35,52H,23H2. The van der Waals surface area contributed by atoms with E-state index in [1.54, 1.807) is 0 Å². The zero-order chi connectivity index (χ0) is 37.0. The van der Waals surface area contributed by atoms with Crippen LogP contribution in [0.4, 0.5) is 17.1 Å². The number of allylic oxidation sites excluding steroid dienone is 2. The Bertz CT molecular complexity index is 3010. The maximum Gasteiger partial charge on any atom is 0.135 e. The van der Waals surface area contributed by atoms with E-state index in [-0.39, 0.29) is 6.10 Å². The van der Waals surface area contributed by atoms with Gasteiger partial charge in [-0.15, -0.1) is 0 Å². The molecule has 0 saturated carbocycles. The molecule has 2 nitrogen and oxygen atoms in total. The average molecular weight is 716 g/mol. The van der Waals surface area contributed by atoms with Crippen LogP contribution in [0.3, 0.4) is 0 Å². The monoisotopic (exact) mass is 715 g/mol. The van der Waals surface area contributed by atoms with Gasteiger partial charge >= 0.3 is 0 Å². The summed E-state index contributed by atoms with van der Waals surface area (Å²) in [6, 6.07) is 68.4. The van der Waals surface area contributed by atoms with Crippen LogP contribution >= 0.6 is 0 Å². The Morgan fingerprint density at radius 3 is 1.89 bits per heavy atom. The van der Waals surface area contributed by atoms with Crippen molar-refractivity contribution < 1.29 is 4.74 Å². The number of nitrogens with zero attached hydrogens (tertiary/aromatic N) is 1. The highest BCUT2D eigenvalue weighted by molar-refractivity contribution is 6.23. The number of anilines is 3. The lowest BCUT2D eigenvalue weighted by Gasteiger charge is -2.26. The minimum absolute atomic E-state index is 0.0801. The van der Waals surface area contributed by atoms with E-state index in [2.05, 4.69) is 211 Å². The van der Waals surface area contributed by atoms with Crippen molar-refractivity contribution in [2.45, 2.75) is 12.5 Å². The zero-order valence-corrected chi connectivity index (χ0v) is 30.8. The second-order valence-electron chi connectivity index (χ2n) is 14.8. The molecule has 1 unspecified atom stereocenters. The van der Waals surface area contributed by atoms with Gasteiger partial charge in [-0.2, -0.15) is 0 Å². The Labute approximate surface area is 326 Å². The Kier molecular flexibility index (Phi) is 7.67. The van der Waals surface area contributed by atoms with Crippen molar-refractivity contribution in [3.63, 3.8) is 0 Å². The summed E-state index contributed by atoms with van der Waals surface area (Å²) in [4.78, 5) is 2.36. The normalized spacial score (nSPS) is 14.4. The summed E-state index contributed by atoms with van der Waals surface area (Å²) in [6.07, 6.45) is 7.52. The van der Waals surface area contributed by atoms with Gasteiger partial charge in [-0.25, -0.2) is 0 Å². The van der Waals surface area contributed by atoms with Crippen LogP contribution < -0.4 is 9.64 Å². The largest absolute Gasteiger partial charge is 0.484 e. The first kappa shape index (κ1) is 32.3. The first-order chi connectivity index (χ1) is 27.8. The fraction of sp³-hybridized carbons (Fsp3) is 0.0370. The highest BCUT2D eigenvalue weighted by Crippen LogP contribution is 2.47. The Morgan fingerprint density at radius 2 is 1.07 bits per heavy atom. The highest BCUT2D eigenvalue weighted by atomic mass is 16.5. The molecule has 0 N–H and O–H groups in total. The molecule has 11 rings (SSSR count). The van der Waals surface area contributed by atoms with E-state index < -0.39 is 0 Å². The minimum Gasteiger partial charge on any atom is -0.484 e. The molecule has 0 amide bonds. The summed E-state index contributed by atoms with van der Waals surface area (Å²) in [5, 5.41) is 7.65. The molecule has 0 fully saturated rings. The van der Waals surface area contributed by atoms with E-state index in [1.807, 2.05) is 0 Å². The van der Waals surface area contributed by atoms with Crippen molar-refractivity contribution in [2.75, 3.05) is 4.90 Å². The van der Waals surface area contributed by atoms with Crippen molar-refractivity contribution >= 4 is 55.0 Å². The van der Waals surface area contributed by atoms with Gasteiger partial charge in [0, 0.05) is 40.2 Å². The van der Waals surface area contributed by atoms with E-state index >= 15 is 0 Å². The molecule has 0 spiro atoms. The molecule has 0 saturated heterocycles.